The topological polar surface area (TPSA) is 78.0 Å². The number of H-pyrrole nitrogens is 1. The summed E-state index contributed by atoms with van der Waals surface area (Å²) in [6.07, 6.45) is 2.71. The van der Waals surface area contributed by atoms with Crippen molar-refractivity contribution in [2.24, 2.45) is 0 Å². The van der Waals surface area contributed by atoms with E-state index in [1.807, 2.05) is 13.8 Å². The first kappa shape index (κ1) is 13.0. The van der Waals surface area contributed by atoms with Gasteiger partial charge in [0.15, 0.2) is 5.82 Å². The molecule has 0 fully saturated rings. The van der Waals surface area contributed by atoms with Crippen molar-refractivity contribution >= 4 is 17.4 Å². The van der Waals surface area contributed by atoms with Crippen LogP contribution in [-0.2, 0) is 0 Å². The minimum Gasteiger partial charge on any atom is -0.394 e. The SMILES string of the molecule is CCC(CC)(CO)Nc1nc[nH]c(=O)c1Cl. The van der Waals surface area contributed by atoms with Gasteiger partial charge in [0.2, 0.25) is 0 Å². The molecule has 0 aliphatic carbocycles. The molecule has 0 amide bonds. The van der Waals surface area contributed by atoms with Crippen molar-refractivity contribution in [2.75, 3.05) is 11.9 Å². The maximum absolute atomic E-state index is 11.3. The number of aliphatic hydroxyl groups is 1. The Bertz CT molecular complexity index is 393. The van der Waals surface area contributed by atoms with Crippen LogP contribution in [0.1, 0.15) is 26.7 Å². The van der Waals surface area contributed by atoms with Crippen LogP contribution in [0, 0.1) is 0 Å². The third kappa shape index (κ3) is 2.54. The van der Waals surface area contributed by atoms with Crippen LogP contribution in [0.25, 0.3) is 0 Å². The summed E-state index contributed by atoms with van der Waals surface area (Å²) in [4.78, 5) is 17.6. The van der Waals surface area contributed by atoms with E-state index < -0.39 is 11.1 Å². The van der Waals surface area contributed by atoms with Gasteiger partial charge in [-0.3, -0.25) is 4.79 Å². The van der Waals surface area contributed by atoms with Crippen LogP contribution in [0.5, 0.6) is 0 Å². The van der Waals surface area contributed by atoms with Gasteiger partial charge >= 0.3 is 0 Å². The molecule has 0 aromatic carbocycles. The van der Waals surface area contributed by atoms with Gasteiger partial charge in [-0.1, -0.05) is 25.4 Å². The zero-order chi connectivity index (χ0) is 12.2. The van der Waals surface area contributed by atoms with E-state index in [4.69, 9.17) is 11.6 Å². The van der Waals surface area contributed by atoms with Crippen molar-refractivity contribution in [1.29, 1.82) is 0 Å². The van der Waals surface area contributed by atoms with Gasteiger partial charge in [-0.05, 0) is 12.8 Å². The van der Waals surface area contributed by atoms with Gasteiger partial charge < -0.3 is 15.4 Å². The first-order chi connectivity index (χ1) is 7.58. The molecule has 1 aromatic heterocycles. The summed E-state index contributed by atoms with van der Waals surface area (Å²) in [6.45, 7) is 3.87. The molecular formula is C10H16ClN3O2. The molecule has 6 heteroatoms. The van der Waals surface area contributed by atoms with E-state index in [1.54, 1.807) is 0 Å². The summed E-state index contributed by atoms with van der Waals surface area (Å²) < 4.78 is 0. The Morgan fingerprint density at radius 1 is 1.56 bits per heavy atom. The second-order valence-corrected chi connectivity index (χ2v) is 4.04. The Kier molecular flexibility index (Phi) is 4.32. The Labute approximate surface area is 98.9 Å². The summed E-state index contributed by atoms with van der Waals surface area (Å²) in [6, 6.07) is 0. The molecule has 3 N–H and O–H groups in total. The predicted molar refractivity (Wildman–Crippen MR) is 63.9 cm³/mol. The van der Waals surface area contributed by atoms with Crippen LogP contribution in [0.4, 0.5) is 5.82 Å². The number of hydrogen-bond acceptors (Lipinski definition) is 4. The van der Waals surface area contributed by atoms with Gasteiger partial charge in [0.05, 0.1) is 18.5 Å². The Balaban J connectivity index is 3.03. The van der Waals surface area contributed by atoms with E-state index in [9.17, 15) is 9.90 Å². The van der Waals surface area contributed by atoms with E-state index in [0.29, 0.717) is 18.7 Å². The molecule has 0 aliphatic rings. The van der Waals surface area contributed by atoms with Gasteiger partial charge in [0.25, 0.3) is 5.56 Å². The lowest BCUT2D eigenvalue weighted by Gasteiger charge is -2.31. The van der Waals surface area contributed by atoms with Crippen molar-refractivity contribution in [3.63, 3.8) is 0 Å². The second kappa shape index (κ2) is 5.32. The largest absolute Gasteiger partial charge is 0.394 e. The van der Waals surface area contributed by atoms with Crippen molar-refractivity contribution in [1.82, 2.24) is 9.97 Å². The smallest absolute Gasteiger partial charge is 0.271 e. The van der Waals surface area contributed by atoms with E-state index >= 15 is 0 Å². The number of aromatic amines is 1. The summed E-state index contributed by atoms with van der Waals surface area (Å²) in [7, 11) is 0. The number of nitrogens with zero attached hydrogens (tertiary/aromatic N) is 1. The summed E-state index contributed by atoms with van der Waals surface area (Å²) in [5.41, 5.74) is -0.872. The lowest BCUT2D eigenvalue weighted by molar-refractivity contribution is 0.202. The number of anilines is 1. The number of rotatable bonds is 5. The highest BCUT2D eigenvalue weighted by Crippen LogP contribution is 2.23. The fraction of sp³-hybridized carbons (Fsp3) is 0.600. The predicted octanol–water partition coefficient (Wildman–Crippen LogP) is 1.39. The third-order valence-corrected chi connectivity index (χ3v) is 3.19. The minimum atomic E-state index is -0.482. The lowest BCUT2D eigenvalue weighted by Crippen LogP contribution is -2.41. The van der Waals surface area contributed by atoms with Crippen molar-refractivity contribution < 1.29 is 5.11 Å². The van der Waals surface area contributed by atoms with Gasteiger partial charge in [0.1, 0.15) is 5.02 Å². The molecule has 1 rings (SSSR count). The summed E-state index contributed by atoms with van der Waals surface area (Å²) in [5, 5.41) is 12.4. The Hall–Kier alpha value is -1.07. The molecule has 0 spiro atoms. The van der Waals surface area contributed by atoms with E-state index in [2.05, 4.69) is 15.3 Å². The van der Waals surface area contributed by atoms with Crippen LogP contribution in [0.3, 0.4) is 0 Å². The zero-order valence-corrected chi connectivity index (χ0v) is 10.1. The van der Waals surface area contributed by atoms with Crippen LogP contribution in [0.2, 0.25) is 5.02 Å². The quantitative estimate of drug-likeness (QED) is 0.733. The molecule has 0 radical (unpaired) electrons. The van der Waals surface area contributed by atoms with Gasteiger partial charge in [0, 0.05) is 0 Å². The molecule has 0 aliphatic heterocycles. The number of nitrogens with one attached hydrogen (secondary N) is 2. The number of hydrogen-bond donors (Lipinski definition) is 3. The van der Waals surface area contributed by atoms with Crippen LogP contribution in [0.15, 0.2) is 11.1 Å². The molecule has 0 bridgehead atoms. The number of halogens is 1. The molecule has 0 unspecified atom stereocenters. The molecule has 16 heavy (non-hydrogen) atoms. The highest BCUT2D eigenvalue weighted by atomic mass is 35.5. The van der Waals surface area contributed by atoms with E-state index in [-0.39, 0.29) is 11.6 Å². The third-order valence-electron chi connectivity index (χ3n) is 2.84. The Morgan fingerprint density at radius 3 is 2.69 bits per heavy atom. The number of aromatic nitrogens is 2. The van der Waals surface area contributed by atoms with Crippen molar-refractivity contribution in [2.45, 2.75) is 32.2 Å². The van der Waals surface area contributed by atoms with Gasteiger partial charge in [-0.15, -0.1) is 0 Å². The van der Waals surface area contributed by atoms with E-state index in [0.717, 1.165) is 0 Å². The normalized spacial score (nSPS) is 11.5. The Morgan fingerprint density at radius 2 is 2.19 bits per heavy atom. The zero-order valence-electron chi connectivity index (χ0n) is 9.38. The van der Waals surface area contributed by atoms with Crippen LogP contribution < -0.4 is 10.9 Å². The molecule has 0 saturated carbocycles. The first-order valence-corrected chi connectivity index (χ1v) is 5.58. The maximum atomic E-state index is 11.3. The lowest BCUT2D eigenvalue weighted by atomic mass is 9.94. The molecule has 0 saturated heterocycles. The molecule has 1 aromatic rings. The number of aliphatic hydroxyl groups excluding tert-OH is 1. The minimum absolute atomic E-state index is 0.0159. The van der Waals surface area contributed by atoms with Gasteiger partial charge in [-0.2, -0.15) is 0 Å². The van der Waals surface area contributed by atoms with Crippen molar-refractivity contribution in [3.8, 4) is 0 Å². The highest BCUT2D eigenvalue weighted by Gasteiger charge is 2.26. The van der Waals surface area contributed by atoms with E-state index in [1.165, 1.54) is 6.33 Å². The second-order valence-electron chi connectivity index (χ2n) is 3.66. The van der Waals surface area contributed by atoms with Crippen LogP contribution >= 0.6 is 11.6 Å². The molecule has 1 heterocycles. The maximum Gasteiger partial charge on any atom is 0.271 e. The fourth-order valence-electron chi connectivity index (χ4n) is 1.41. The van der Waals surface area contributed by atoms with Crippen molar-refractivity contribution in [3.05, 3.63) is 21.7 Å². The first-order valence-electron chi connectivity index (χ1n) is 5.20. The van der Waals surface area contributed by atoms with Gasteiger partial charge in [-0.25, -0.2) is 4.98 Å². The summed E-state index contributed by atoms with van der Waals surface area (Å²) >= 11 is 5.82. The summed E-state index contributed by atoms with van der Waals surface area (Å²) in [5.74, 6) is 0.308. The van der Waals surface area contributed by atoms with Crippen LogP contribution in [-0.4, -0.2) is 27.2 Å². The molecule has 0 atom stereocenters. The standard InChI is InChI=1S/C10H16ClN3O2/c1-3-10(4-2,5-15)14-8-7(11)9(16)13-6-12-8/h6,15H,3-5H2,1-2H3,(H2,12,13,14,16). The molecular weight excluding hydrogens is 230 g/mol. The highest BCUT2D eigenvalue weighted by molar-refractivity contribution is 6.32. The molecule has 90 valence electrons. The molecule has 5 nitrogen and oxygen atoms in total. The average molecular weight is 246 g/mol. The average Bonchev–Trinajstić information content (AvgIpc) is 2.32. The monoisotopic (exact) mass is 245 g/mol. The fourth-order valence-corrected chi connectivity index (χ4v) is 1.56.